The van der Waals surface area contributed by atoms with E-state index in [1.54, 1.807) is 13.8 Å². The van der Waals surface area contributed by atoms with Crippen LogP contribution < -0.4 is 15.8 Å². The summed E-state index contributed by atoms with van der Waals surface area (Å²) in [6.45, 7) is 2.52. The van der Waals surface area contributed by atoms with Crippen LogP contribution in [-0.4, -0.2) is 46.9 Å². The van der Waals surface area contributed by atoms with Gasteiger partial charge in [-0.05, 0) is 26.7 Å². The van der Waals surface area contributed by atoms with Crippen molar-refractivity contribution in [2.24, 2.45) is 0 Å². The topological polar surface area (TPSA) is 89.4 Å². The SMILES string of the molecule is Cc1nc(N[C@H](C)c2cccc(C(F)F)c2F)c2cn(C3(CF)CC3)c(=O)c(N3CCOCC3=O)c2n1. The summed E-state index contributed by atoms with van der Waals surface area (Å²) in [5.74, 6) is -1.01. The van der Waals surface area contributed by atoms with Gasteiger partial charge in [0.1, 0.15) is 41.9 Å². The zero-order chi connectivity index (χ0) is 26.5. The number of halogens is 4. The Morgan fingerprint density at radius 1 is 1.19 bits per heavy atom. The standard InChI is InChI=1S/C25H25F4N5O3/c1-13(15-4-3-5-16(19(15)27)22(28)29)30-23-17-10-34(25(12-26)6-7-25)24(36)21(20(17)31-14(2)32-23)33-8-9-37-11-18(33)35/h3-5,10,13,22H,6-9,11-12H2,1-2H3,(H,30,31,32)/t13-/m1/s1. The average molecular weight is 519 g/mol. The fourth-order valence-electron chi connectivity index (χ4n) is 4.68. The lowest BCUT2D eigenvalue weighted by Gasteiger charge is -2.29. The molecule has 2 aromatic heterocycles. The number of morpholine rings is 1. The number of pyridine rings is 1. The molecule has 0 unspecified atom stereocenters. The fourth-order valence-corrected chi connectivity index (χ4v) is 4.68. The number of hydrogen-bond donors (Lipinski definition) is 1. The van der Waals surface area contributed by atoms with Gasteiger partial charge in [0.15, 0.2) is 0 Å². The van der Waals surface area contributed by atoms with Gasteiger partial charge in [-0.25, -0.2) is 27.5 Å². The maximum absolute atomic E-state index is 14.9. The largest absolute Gasteiger partial charge is 0.370 e. The minimum Gasteiger partial charge on any atom is -0.370 e. The van der Waals surface area contributed by atoms with Crippen molar-refractivity contribution >= 4 is 28.3 Å². The van der Waals surface area contributed by atoms with Crippen LogP contribution in [-0.2, 0) is 15.1 Å². The van der Waals surface area contributed by atoms with E-state index in [2.05, 4.69) is 15.3 Å². The van der Waals surface area contributed by atoms with E-state index < -0.39 is 47.5 Å². The van der Waals surface area contributed by atoms with Crippen molar-refractivity contribution in [3.63, 3.8) is 0 Å². The average Bonchev–Trinajstić information content (AvgIpc) is 3.65. The van der Waals surface area contributed by atoms with E-state index in [-0.39, 0.29) is 48.2 Å². The monoisotopic (exact) mass is 519 g/mol. The molecule has 3 aromatic rings. The molecule has 196 valence electrons. The smallest absolute Gasteiger partial charge is 0.277 e. The van der Waals surface area contributed by atoms with Gasteiger partial charge in [0, 0.05) is 18.3 Å². The van der Waals surface area contributed by atoms with Gasteiger partial charge in [-0.2, -0.15) is 0 Å². The number of aryl methyl sites for hydroxylation is 1. The molecule has 0 spiro atoms. The molecule has 1 atom stereocenters. The summed E-state index contributed by atoms with van der Waals surface area (Å²) >= 11 is 0. The predicted molar refractivity (Wildman–Crippen MR) is 128 cm³/mol. The first kappa shape index (κ1) is 25.1. The van der Waals surface area contributed by atoms with Crippen molar-refractivity contribution in [1.82, 2.24) is 14.5 Å². The summed E-state index contributed by atoms with van der Waals surface area (Å²) in [7, 11) is 0. The number of anilines is 2. The van der Waals surface area contributed by atoms with Crippen LogP contribution in [0.1, 0.15) is 49.2 Å². The molecule has 1 saturated carbocycles. The molecule has 0 bridgehead atoms. The van der Waals surface area contributed by atoms with Gasteiger partial charge >= 0.3 is 0 Å². The summed E-state index contributed by atoms with van der Waals surface area (Å²) in [5, 5.41) is 3.37. The first-order valence-corrected chi connectivity index (χ1v) is 11.9. The van der Waals surface area contributed by atoms with Gasteiger partial charge in [-0.15, -0.1) is 0 Å². The van der Waals surface area contributed by atoms with E-state index in [1.165, 1.54) is 27.8 Å². The number of alkyl halides is 3. The summed E-state index contributed by atoms with van der Waals surface area (Å²) in [6.07, 6.45) is -0.627. The highest BCUT2D eigenvalue weighted by Gasteiger charge is 2.46. The number of ether oxygens (including phenoxy) is 1. The Morgan fingerprint density at radius 3 is 2.57 bits per heavy atom. The number of rotatable bonds is 7. The number of nitrogens with one attached hydrogen (secondary N) is 1. The number of carbonyl (C=O) groups is 1. The van der Waals surface area contributed by atoms with E-state index in [9.17, 15) is 27.2 Å². The lowest BCUT2D eigenvalue weighted by atomic mass is 10.0. The molecular weight excluding hydrogens is 494 g/mol. The first-order chi connectivity index (χ1) is 17.7. The summed E-state index contributed by atoms with van der Waals surface area (Å²) in [5.41, 5.74) is -2.11. The van der Waals surface area contributed by atoms with Crippen LogP contribution in [0.5, 0.6) is 0 Å². The van der Waals surface area contributed by atoms with Crippen molar-refractivity contribution < 1.29 is 27.1 Å². The molecule has 1 aliphatic carbocycles. The van der Waals surface area contributed by atoms with E-state index in [4.69, 9.17) is 4.74 Å². The third-order valence-electron chi connectivity index (χ3n) is 6.92. The molecule has 37 heavy (non-hydrogen) atoms. The van der Waals surface area contributed by atoms with Crippen LogP contribution in [0, 0.1) is 12.7 Å². The third-order valence-corrected chi connectivity index (χ3v) is 6.92. The molecule has 1 amide bonds. The van der Waals surface area contributed by atoms with Crippen molar-refractivity contribution in [2.75, 3.05) is 36.6 Å². The normalized spacial score (nSPS) is 17.9. The van der Waals surface area contributed by atoms with Gasteiger partial charge in [0.2, 0.25) is 0 Å². The maximum Gasteiger partial charge on any atom is 0.277 e. The van der Waals surface area contributed by atoms with Gasteiger partial charge in [0.05, 0.1) is 29.1 Å². The third kappa shape index (κ3) is 4.32. The minimum atomic E-state index is -2.98. The second-order valence-electron chi connectivity index (χ2n) is 9.41. The number of hydrogen-bond acceptors (Lipinski definition) is 6. The van der Waals surface area contributed by atoms with Crippen molar-refractivity contribution in [1.29, 1.82) is 0 Å². The molecule has 0 radical (unpaired) electrons. The molecule has 1 saturated heterocycles. The van der Waals surface area contributed by atoms with E-state index in [0.717, 1.165) is 6.07 Å². The van der Waals surface area contributed by atoms with Crippen LogP contribution in [0.15, 0.2) is 29.2 Å². The Morgan fingerprint density at radius 2 is 1.92 bits per heavy atom. The predicted octanol–water partition coefficient (Wildman–Crippen LogP) is 4.17. The van der Waals surface area contributed by atoms with Crippen molar-refractivity contribution in [3.05, 3.63) is 57.5 Å². The highest BCUT2D eigenvalue weighted by molar-refractivity contribution is 6.04. The van der Waals surface area contributed by atoms with Crippen LogP contribution in [0.4, 0.5) is 29.1 Å². The first-order valence-electron chi connectivity index (χ1n) is 11.9. The number of carbonyl (C=O) groups excluding carboxylic acids is 1. The molecule has 5 rings (SSSR count). The second kappa shape index (κ2) is 9.40. The zero-order valence-electron chi connectivity index (χ0n) is 20.2. The van der Waals surface area contributed by atoms with Gasteiger partial charge < -0.3 is 19.5 Å². The highest BCUT2D eigenvalue weighted by atomic mass is 19.3. The summed E-state index contributed by atoms with van der Waals surface area (Å²) in [4.78, 5) is 36.5. The molecular formula is C25H25F4N5O3. The molecule has 8 nitrogen and oxygen atoms in total. The number of amides is 1. The van der Waals surface area contributed by atoms with E-state index in [1.807, 2.05) is 0 Å². The quantitative estimate of drug-likeness (QED) is 0.472. The molecule has 2 fully saturated rings. The Bertz CT molecular complexity index is 1440. The fraction of sp³-hybridized carbons (Fsp3) is 0.440. The molecule has 12 heteroatoms. The molecule has 2 aliphatic rings. The number of fused-ring (bicyclic) bond motifs is 1. The van der Waals surface area contributed by atoms with Crippen LogP contribution in [0.3, 0.4) is 0 Å². The van der Waals surface area contributed by atoms with Gasteiger partial charge in [0.25, 0.3) is 17.9 Å². The molecule has 1 N–H and O–H groups in total. The highest BCUT2D eigenvalue weighted by Crippen LogP contribution is 2.44. The van der Waals surface area contributed by atoms with Gasteiger partial charge in [-0.1, -0.05) is 18.2 Å². The summed E-state index contributed by atoms with van der Waals surface area (Å²) < 4.78 is 62.0. The number of benzene rings is 1. The van der Waals surface area contributed by atoms with Crippen molar-refractivity contribution in [3.8, 4) is 0 Å². The molecule has 3 heterocycles. The molecule has 1 aliphatic heterocycles. The second-order valence-corrected chi connectivity index (χ2v) is 9.41. The van der Waals surface area contributed by atoms with Gasteiger partial charge in [-0.3, -0.25) is 9.59 Å². The Balaban J connectivity index is 1.69. The number of aromatic nitrogens is 3. The van der Waals surface area contributed by atoms with Crippen LogP contribution in [0.25, 0.3) is 10.9 Å². The number of nitrogens with zero attached hydrogens (tertiary/aromatic N) is 4. The molecule has 1 aromatic carbocycles. The van der Waals surface area contributed by atoms with Crippen LogP contribution >= 0.6 is 0 Å². The maximum atomic E-state index is 14.9. The lowest BCUT2D eigenvalue weighted by molar-refractivity contribution is -0.125. The van der Waals surface area contributed by atoms with E-state index in [0.29, 0.717) is 18.2 Å². The Kier molecular flexibility index (Phi) is 6.38. The van der Waals surface area contributed by atoms with Crippen LogP contribution in [0.2, 0.25) is 0 Å². The van der Waals surface area contributed by atoms with E-state index >= 15 is 0 Å². The van der Waals surface area contributed by atoms with Crippen molar-refractivity contribution in [2.45, 2.75) is 44.7 Å². The Labute approximate surface area is 209 Å². The minimum absolute atomic E-state index is 0.00142. The zero-order valence-corrected chi connectivity index (χ0v) is 20.2. The lowest BCUT2D eigenvalue weighted by Crippen LogP contribution is -2.46. The Hall–Kier alpha value is -3.54. The summed E-state index contributed by atoms with van der Waals surface area (Å²) in [6, 6.07) is 2.96.